The van der Waals surface area contributed by atoms with Crippen molar-refractivity contribution in [2.45, 2.75) is 18.9 Å². The molecule has 0 saturated heterocycles. The first-order valence-corrected chi connectivity index (χ1v) is 8.01. The fraction of sp³-hybridized carbons (Fsp3) is 0.150. The molecule has 0 unspecified atom stereocenters. The number of aliphatic carboxylic acids is 1. The molecule has 0 saturated carbocycles. The van der Waals surface area contributed by atoms with Crippen LogP contribution in [-0.2, 0) is 16.0 Å². The minimum absolute atomic E-state index is 0.194. The van der Waals surface area contributed by atoms with Gasteiger partial charge in [0.15, 0.2) is 0 Å². The lowest BCUT2D eigenvalue weighted by Crippen LogP contribution is -2.31. The molecule has 1 amide bonds. The van der Waals surface area contributed by atoms with E-state index in [9.17, 15) is 14.7 Å². The Morgan fingerprint density at radius 2 is 1.76 bits per heavy atom. The van der Waals surface area contributed by atoms with Gasteiger partial charge in [0.1, 0.15) is 0 Å². The van der Waals surface area contributed by atoms with Crippen molar-refractivity contribution in [3.8, 4) is 0 Å². The number of benzene rings is 2. The zero-order chi connectivity index (χ0) is 17.6. The van der Waals surface area contributed by atoms with Crippen LogP contribution in [-0.4, -0.2) is 22.0 Å². The Bertz CT molecular complexity index is 894. The van der Waals surface area contributed by atoms with Gasteiger partial charge in [-0.2, -0.15) is 0 Å². The number of carbonyl (C=O) groups is 2. The average Bonchev–Trinajstić information content (AvgIpc) is 2.61. The van der Waals surface area contributed by atoms with Crippen LogP contribution >= 0.6 is 0 Å². The fourth-order valence-corrected chi connectivity index (χ4v) is 2.73. The maximum atomic E-state index is 12.3. The van der Waals surface area contributed by atoms with Gasteiger partial charge in [-0.15, -0.1) is 0 Å². The summed E-state index contributed by atoms with van der Waals surface area (Å²) in [4.78, 5) is 27.9. The van der Waals surface area contributed by atoms with Crippen LogP contribution in [0.25, 0.3) is 10.9 Å². The minimum atomic E-state index is -0.974. The third kappa shape index (κ3) is 4.41. The predicted octanol–water partition coefficient (Wildman–Crippen LogP) is 3.11. The lowest BCUT2D eigenvalue weighted by molar-refractivity contribution is -0.137. The molecular weight excluding hydrogens is 316 g/mol. The number of rotatable bonds is 6. The molecule has 2 aromatic carbocycles. The summed E-state index contributed by atoms with van der Waals surface area (Å²) < 4.78 is 0. The van der Waals surface area contributed by atoms with E-state index in [4.69, 9.17) is 0 Å². The number of aromatic nitrogens is 1. The summed E-state index contributed by atoms with van der Waals surface area (Å²) in [5.74, 6) is -1.19. The fourth-order valence-electron chi connectivity index (χ4n) is 2.73. The normalized spacial score (nSPS) is 11.8. The highest BCUT2D eigenvalue weighted by molar-refractivity contribution is 5.81. The van der Waals surface area contributed by atoms with E-state index in [1.807, 2.05) is 60.7 Å². The summed E-state index contributed by atoms with van der Waals surface area (Å²) in [5.41, 5.74) is 2.39. The number of carboxylic acid groups (broad SMARTS) is 1. The van der Waals surface area contributed by atoms with Crippen molar-refractivity contribution in [2.75, 3.05) is 0 Å². The van der Waals surface area contributed by atoms with Gasteiger partial charge in [-0.05, 0) is 23.3 Å². The van der Waals surface area contributed by atoms with Crippen molar-refractivity contribution in [3.05, 3.63) is 78.0 Å². The number of hydrogen-bond acceptors (Lipinski definition) is 3. The average molecular weight is 334 g/mol. The van der Waals surface area contributed by atoms with Gasteiger partial charge >= 0.3 is 5.97 Å². The van der Waals surface area contributed by atoms with Crippen LogP contribution in [0, 0.1) is 0 Å². The van der Waals surface area contributed by atoms with E-state index in [1.54, 1.807) is 6.20 Å². The number of para-hydroxylation sites is 1. The lowest BCUT2D eigenvalue weighted by atomic mass is 10.0. The number of hydrogen-bond donors (Lipinski definition) is 2. The molecule has 0 radical (unpaired) electrons. The van der Waals surface area contributed by atoms with Gasteiger partial charge in [-0.1, -0.05) is 48.5 Å². The second kappa shape index (κ2) is 7.57. The van der Waals surface area contributed by atoms with Crippen LogP contribution in [0.2, 0.25) is 0 Å². The van der Waals surface area contributed by atoms with Gasteiger partial charge in [0.05, 0.1) is 24.4 Å². The van der Waals surface area contributed by atoms with Crippen LogP contribution in [0.5, 0.6) is 0 Å². The lowest BCUT2D eigenvalue weighted by Gasteiger charge is -2.18. The number of amides is 1. The Balaban J connectivity index is 1.80. The van der Waals surface area contributed by atoms with Crippen molar-refractivity contribution in [2.24, 2.45) is 0 Å². The van der Waals surface area contributed by atoms with Crippen LogP contribution in [0.4, 0.5) is 0 Å². The number of fused-ring (bicyclic) bond motifs is 1. The number of carboxylic acids is 1. The van der Waals surface area contributed by atoms with Crippen molar-refractivity contribution in [3.63, 3.8) is 0 Å². The van der Waals surface area contributed by atoms with Gasteiger partial charge in [0.2, 0.25) is 5.91 Å². The first kappa shape index (κ1) is 16.6. The van der Waals surface area contributed by atoms with Gasteiger partial charge in [-0.25, -0.2) is 0 Å². The van der Waals surface area contributed by atoms with Crippen molar-refractivity contribution in [1.29, 1.82) is 0 Å². The molecule has 5 nitrogen and oxygen atoms in total. The number of nitrogens with one attached hydrogen (secondary N) is 1. The number of pyridine rings is 1. The molecule has 0 aliphatic heterocycles. The Morgan fingerprint density at radius 3 is 2.52 bits per heavy atom. The largest absolute Gasteiger partial charge is 0.481 e. The van der Waals surface area contributed by atoms with E-state index in [0.717, 1.165) is 16.5 Å². The Labute approximate surface area is 145 Å². The molecule has 1 atom stereocenters. The molecule has 0 spiro atoms. The summed E-state index contributed by atoms with van der Waals surface area (Å²) in [5, 5.41) is 12.9. The first-order valence-electron chi connectivity index (χ1n) is 8.01. The second-order valence-electron chi connectivity index (χ2n) is 5.84. The summed E-state index contributed by atoms with van der Waals surface area (Å²) in [7, 11) is 0. The van der Waals surface area contributed by atoms with Crippen LogP contribution in [0.3, 0.4) is 0 Å². The molecule has 1 heterocycles. The molecule has 3 aromatic rings. The van der Waals surface area contributed by atoms with Crippen LogP contribution in [0.15, 0.2) is 66.9 Å². The number of nitrogens with zero attached hydrogens (tertiary/aromatic N) is 1. The van der Waals surface area contributed by atoms with E-state index in [2.05, 4.69) is 10.3 Å². The third-order valence-electron chi connectivity index (χ3n) is 3.94. The highest BCUT2D eigenvalue weighted by Gasteiger charge is 2.19. The maximum absolute atomic E-state index is 12.3. The van der Waals surface area contributed by atoms with Gasteiger partial charge in [0.25, 0.3) is 0 Å². The zero-order valence-corrected chi connectivity index (χ0v) is 13.6. The van der Waals surface area contributed by atoms with E-state index in [0.29, 0.717) is 5.56 Å². The topological polar surface area (TPSA) is 79.3 Å². The SMILES string of the molecule is O=C(O)C[C@H](NC(=O)Cc1ccccc1)c1cnc2ccccc2c1. The Morgan fingerprint density at radius 1 is 1.04 bits per heavy atom. The van der Waals surface area contributed by atoms with Crippen LogP contribution < -0.4 is 5.32 Å². The van der Waals surface area contributed by atoms with Gasteiger partial charge < -0.3 is 10.4 Å². The molecule has 1 aromatic heterocycles. The smallest absolute Gasteiger partial charge is 0.305 e. The Hall–Kier alpha value is -3.21. The summed E-state index contributed by atoms with van der Waals surface area (Å²) in [6.07, 6.45) is 1.64. The summed E-state index contributed by atoms with van der Waals surface area (Å²) in [6.45, 7) is 0. The van der Waals surface area contributed by atoms with Gasteiger partial charge in [0, 0.05) is 11.6 Å². The van der Waals surface area contributed by atoms with Crippen molar-refractivity contribution < 1.29 is 14.7 Å². The third-order valence-corrected chi connectivity index (χ3v) is 3.94. The standard InChI is InChI=1S/C20H18N2O3/c23-19(10-14-6-2-1-3-7-14)22-18(12-20(24)25)16-11-15-8-4-5-9-17(15)21-13-16/h1-9,11,13,18H,10,12H2,(H,22,23)(H,24,25)/t18-/m0/s1. The molecule has 0 fully saturated rings. The highest BCUT2D eigenvalue weighted by Crippen LogP contribution is 2.21. The van der Waals surface area contributed by atoms with E-state index in [1.165, 1.54) is 0 Å². The second-order valence-corrected chi connectivity index (χ2v) is 5.84. The van der Waals surface area contributed by atoms with E-state index in [-0.39, 0.29) is 18.7 Å². The molecule has 0 aliphatic rings. The van der Waals surface area contributed by atoms with Crippen molar-refractivity contribution in [1.82, 2.24) is 10.3 Å². The minimum Gasteiger partial charge on any atom is -0.481 e. The first-order chi connectivity index (χ1) is 12.1. The van der Waals surface area contributed by atoms with Crippen LogP contribution in [0.1, 0.15) is 23.6 Å². The maximum Gasteiger partial charge on any atom is 0.305 e. The van der Waals surface area contributed by atoms with E-state index >= 15 is 0 Å². The molecule has 25 heavy (non-hydrogen) atoms. The molecule has 0 aliphatic carbocycles. The summed E-state index contributed by atoms with van der Waals surface area (Å²) >= 11 is 0. The molecular formula is C20H18N2O3. The predicted molar refractivity (Wildman–Crippen MR) is 95.0 cm³/mol. The van der Waals surface area contributed by atoms with E-state index < -0.39 is 12.0 Å². The molecule has 0 bridgehead atoms. The Kier molecular flexibility index (Phi) is 5.04. The zero-order valence-electron chi connectivity index (χ0n) is 13.6. The molecule has 2 N–H and O–H groups in total. The number of carbonyl (C=O) groups excluding carboxylic acids is 1. The van der Waals surface area contributed by atoms with Crippen molar-refractivity contribution >= 4 is 22.8 Å². The summed E-state index contributed by atoms with van der Waals surface area (Å²) in [6, 6.07) is 18.2. The molecule has 5 heteroatoms. The van der Waals surface area contributed by atoms with Gasteiger partial charge in [-0.3, -0.25) is 14.6 Å². The monoisotopic (exact) mass is 334 g/mol. The highest BCUT2D eigenvalue weighted by atomic mass is 16.4. The molecule has 3 rings (SSSR count). The molecule has 126 valence electrons. The quantitative estimate of drug-likeness (QED) is 0.726.